The van der Waals surface area contributed by atoms with Crippen molar-refractivity contribution in [2.75, 3.05) is 0 Å². The lowest BCUT2D eigenvalue weighted by Crippen LogP contribution is -1.73. The molecule has 0 amide bonds. The molecule has 0 aromatic carbocycles. The van der Waals surface area contributed by atoms with Crippen LogP contribution >= 0.6 is 0 Å². The molecule has 2 N–H and O–H groups in total. The standard InChI is InChI=1S/C3H5NO/c4-2-1-3-5/h1-3H,4H2/b2-1+. The third-order valence-corrected chi connectivity index (χ3v) is 0.190. The minimum atomic E-state index is 0.625. The number of nitrogens with two attached hydrogens (primary N) is 1. The quantitative estimate of drug-likeness (QED) is 0.339. The van der Waals surface area contributed by atoms with Crippen LogP contribution in [0.5, 0.6) is 0 Å². The Bertz CT molecular complexity index is 48.9. The third kappa shape index (κ3) is 3.21. The molecule has 2 heteroatoms. The molecule has 0 aromatic heterocycles. The molecule has 0 aliphatic heterocycles. The van der Waals surface area contributed by atoms with Crippen LogP contribution in [0.4, 0.5) is 0 Å². The van der Waals surface area contributed by atoms with Crippen molar-refractivity contribution in [3.8, 4) is 0 Å². The van der Waals surface area contributed by atoms with Crippen LogP contribution < -0.4 is 5.73 Å². The molecule has 0 aliphatic carbocycles. The Kier molecular flexibility index (Phi) is 2.70. The molecule has 0 spiro atoms. The van der Waals surface area contributed by atoms with Gasteiger partial charge in [0, 0.05) is 0 Å². The maximum atomic E-state index is 9.24. The zero-order valence-electron chi connectivity index (χ0n) is 2.72. The Morgan fingerprint density at radius 1 is 1.60 bits per heavy atom. The summed E-state index contributed by atoms with van der Waals surface area (Å²) in [5.74, 6) is 0. The summed E-state index contributed by atoms with van der Waals surface area (Å²) in [6.45, 7) is 0. The fourth-order valence-electron chi connectivity index (χ4n) is 0.0454. The molecule has 0 radical (unpaired) electrons. The van der Waals surface area contributed by atoms with E-state index in [1.165, 1.54) is 12.3 Å². The number of carbonyl (C=O) groups excluding carboxylic acids is 1. The van der Waals surface area contributed by atoms with Crippen LogP contribution in [0.1, 0.15) is 0 Å². The summed E-state index contributed by atoms with van der Waals surface area (Å²) in [6, 6.07) is 0. The fraction of sp³-hybridized carbons (Fsp3) is 0. The molecule has 0 heterocycles. The molecule has 0 saturated carbocycles. The predicted octanol–water partition coefficient (Wildman–Crippen LogP) is -0.342. The number of carbonyl (C=O) groups is 1. The highest BCUT2D eigenvalue weighted by atomic mass is 16.1. The number of rotatable bonds is 1. The average Bonchev–Trinajstić information content (AvgIpc) is 1.41. The predicted molar refractivity (Wildman–Crippen MR) is 19.4 cm³/mol. The van der Waals surface area contributed by atoms with Gasteiger partial charge in [-0.3, -0.25) is 4.79 Å². The summed E-state index contributed by atoms with van der Waals surface area (Å²) >= 11 is 0. The van der Waals surface area contributed by atoms with Gasteiger partial charge in [0.1, 0.15) is 6.29 Å². The van der Waals surface area contributed by atoms with Crippen molar-refractivity contribution >= 4 is 6.29 Å². The first-order valence-electron chi connectivity index (χ1n) is 1.24. The zero-order valence-corrected chi connectivity index (χ0v) is 2.72. The molecular formula is C3H5NO. The minimum absolute atomic E-state index is 0.625. The summed E-state index contributed by atoms with van der Waals surface area (Å²) < 4.78 is 0. The SMILES string of the molecule is N/C=C/C=O. The Balaban J connectivity index is 2.92. The lowest BCUT2D eigenvalue weighted by atomic mass is 10.7. The van der Waals surface area contributed by atoms with E-state index in [-0.39, 0.29) is 0 Å². The third-order valence-electron chi connectivity index (χ3n) is 0.190. The van der Waals surface area contributed by atoms with Gasteiger partial charge >= 0.3 is 0 Å². The number of aldehydes is 1. The van der Waals surface area contributed by atoms with Crippen LogP contribution in [-0.2, 0) is 4.79 Å². The highest BCUT2D eigenvalue weighted by Gasteiger charge is 1.48. The highest BCUT2D eigenvalue weighted by molar-refractivity contribution is 5.64. The monoisotopic (exact) mass is 71.0 g/mol. The van der Waals surface area contributed by atoms with E-state index >= 15 is 0 Å². The van der Waals surface area contributed by atoms with E-state index in [1.54, 1.807) is 0 Å². The molecule has 0 fully saturated rings. The Morgan fingerprint density at radius 2 is 2.20 bits per heavy atom. The maximum absolute atomic E-state index is 9.24. The van der Waals surface area contributed by atoms with E-state index in [2.05, 4.69) is 0 Å². The van der Waals surface area contributed by atoms with Crippen molar-refractivity contribution in [3.63, 3.8) is 0 Å². The van der Waals surface area contributed by atoms with E-state index in [4.69, 9.17) is 5.73 Å². The van der Waals surface area contributed by atoms with Gasteiger partial charge in [0.05, 0.1) is 0 Å². The van der Waals surface area contributed by atoms with Gasteiger partial charge in [-0.2, -0.15) is 0 Å². The van der Waals surface area contributed by atoms with Crippen LogP contribution in [0.25, 0.3) is 0 Å². The normalized spacial score (nSPS) is 8.80. The second kappa shape index (κ2) is 3.21. The van der Waals surface area contributed by atoms with Crippen LogP contribution in [0.15, 0.2) is 12.3 Å². The van der Waals surface area contributed by atoms with Crippen molar-refractivity contribution < 1.29 is 4.79 Å². The first-order valence-corrected chi connectivity index (χ1v) is 1.24. The number of allylic oxidation sites excluding steroid dienone is 1. The van der Waals surface area contributed by atoms with E-state index < -0.39 is 0 Å². The van der Waals surface area contributed by atoms with Crippen molar-refractivity contribution in [1.29, 1.82) is 0 Å². The molecule has 0 saturated heterocycles. The molecular weight excluding hydrogens is 66.0 g/mol. The van der Waals surface area contributed by atoms with Crippen molar-refractivity contribution in [3.05, 3.63) is 12.3 Å². The van der Waals surface area contributed by atoms with Crippen LogP contribution in [-0.4, -0.2) is 6.29 Å². The number of hydrogen-bond acceptors (Lipinski definition) is 2. The van der Waals surface area contributed by atoms with Gasteiger partial charge < -0.3 is 5.73 Å². The van der Waals surface area contributed by atoms with E-state index in [0.29, 0.717) is 6.29 Å². The summed E-state index contributed by atoms with van der Waals surface area (Å²) in [6.07, 6.45) is 3.03. The Morgan fingerprint density at radius 3 is 2.20 bits per heavy atom. The van der Waals surface area contributed by atoms with Crippen molar-refractivity contribution in [1.82, 2.24) is 0 Å². The van der Waals surface area contributed by atoms with Gasteiger partial charge in [-0.05, 0) is 12.3 Å². The highest BCUT2D eigenvalue weighted by Crippen LogP contribution is 1.44. The lowest BCUT2D eigenvalue weighted by molar-refractivity contribution is -0.104. The first-order chi connectivity index (χ1) is 2.41. The number of hydrogen-bond donors (Lipinski definition) is 1. The summed E-state index contributed by atoms with van der Waals surface area (Å²) in [5.41, 5.74) is 4.73. The molecule has 0 unspecified atom stereocenters. The topological polar surface area (TPSA) is 43.1 Å². The zero-order chi connectivity index (χ0) is 4.12. The van der Waals surface area contributed by atoms with Crippen LogP contribution in [0, 0.1) is 0 Å². The smallest absolute Gasteiger partial charge is 0.144 e. The molecule has 0 aromatic rings. The van der Waals surface area contributed by atoms with Gasteiger partial charge in [0.25, 0.3) is 0 Å². The van der Waals surface area contributed by atoms with Crippen molar-refractivity contribution in [2.24, 2.45) is 5.73 Å². The molecule has 0 atom stereocenters. The minimum Gasteiger partial charge on any atom is -0.405 e. The summed E-state index contributed by atoms with van der Waals surface area (Å²) in [7, 11) is 0. The van der Waals surface area contributed by atoms with Gasteiger partial charge in [-0.15, -0.1) is 0 Å². The molecule has 0 aliphatic rings. The van der Waals surface area contributed by atoms with Gasteiger partial charge in [0.2, 0.25) is 0 Å². The molecule has 0 bridgehead atoms. The second-order valence-corrected chi connectivity index (χ2v) is 0.521. The van der Waals surface area contributed by atoms with Gasteiger partial charge in [0.15, 0.2) is 0 Å². The van der Waals surface area contributed by atoms with Gasteiger partial charge in [-0.1, -0.05) is 0 Å². The Hall–Kier alpha value is -0.790. The lowest BCUT2D eigenvalue weighted by Gasteiger charge is -1.54. The van der Waals surface area contributed by atoms with Crippen LogP contribution in [0.2, 0.25) is 0 Å². The van der Waals surface area contributed by atoms with Crippen LogP contribution in [0.3, 0.4) is 0 Å². The van der Waals surface area contributed by atoms with Crippen molar-refractivity contribution in [2.45, 2.75) is 0 Å². The molecule has 28 valence electrons. The fourth-order valence-corrected chi connectivity index (χ4v) is 0.0454. The molecule has 5 heavy (non-hydrogen) atoms. The molecule has 2 nitrogen and oxygen atoms in total. The summed E-state index contributed by atoms with van der Waals surface area (Å²) in [4.78, 5) is 9.24. The van der Waals surface area contributed by atoms with E-state index in [9.17, 15) is 4.79 Å². The van der Waals surface area contributed by atoms with E-state index in [0.717, 1.165) is 0 Å². The Labute approximate surface area is 30.3 Å². The molecule has 0 rings (SSSR count). The first kappa shape index (κ1) is 4.21. The summed E-state index contributed by atoms with van der Waals surface area (Å²) in [5, 5.41) is 0. The second-order valence-electron chi connectivity index (χ2n) is 0.521. The largest absolute Gasteiger partial charge is 0.405 e. The van der Waals surface area contributed by atoms with Gasteiger partial charge in [-0.25, -0.2) is 0 Å². The van der Waals surface area contributed by atoms with E-state index in [1.807, 2.05) is 0 Å². The average molecular weight is 71.1 g/mol. The maximum Gasteiger partial charge on any atom is 0.144 e.